The third-order valence-electron chi connectivity index (χ3n) is 5.06. The van der Waals surface area contributed by atoms with E-state index in [2.05, 4.69) is 20.7 Å². The molecule has 0 aliphatic carbocycles. The van der Waals surface area contributed by atoms with Crippen LogP contribution >= 0.6 is 11.6 Å². The van der Waals surface area contributed by atoms with Crippen molar-refractivity contribution >= 4 is 23.5 Å². The molecule has 0 saturated heterocycles. The number of methoxy groups -OCH3 is 1. The summed E-state index contributed by atoms with van der Waals surface area (Å²) in [6.07, 6.45) is 0. The number of dihydropyridines is 1. The number of nitrogens with two attached hydrogens (primary N) is 1. The summed E-state index contributed by atoms with van der Waals surface area (Å²) in [7, 11) is 1.28. The molecule has 0 bridgehead atoms. The third-order valence-corrected chi connectivity index (χ3v) is 5.41. The van der Waals surface area contributed by atoms with Crippen LogP contribution in [-0.2, 0) is 37.0 Å². The number of allylic oxidation sites excluding steroid dienone is 1. The van der Waals surface area contributed by atoms with Gasteiger partial charge in [-0.25, -0.2) is 9.59 Å². The second-order valence-electron chi connectivity index (χ2n) is 7.31. The van der Waals surface area contributed by atoms with Gasteiger partial charge in [-0.05, 0) is 30.7 Å². The van der Waals surface area contributed by atoms with Gasteiger partial charge in [0.2, 0.25) is 0 Å². The van der Waals surface area contributed by atoms with Crippen LogP contribution in [0.15, 0.2) is 46.8 Å². The quantitative estimate of drug-likeness (QED) is 0.469. The zero-order chi connectivity index (χ0) is 24.7. The fourth-order valence-electron chi connectivity index (χ4n) is 3.65. The highest BCUT2D eigenvalue weighted by Gasteiger charge is 2.39. The number of aromatic nitrogens is 4. The highest BCUT2D eigenvalue weighted by Crippen LogP contribution is 2.41. The number of tetrazole rings is 1. The first-order chi connectivity index (χ1) is 16.4. The van der Waals surface area contributed by atoms with Gasteiger partial charge in [0.25, 0.3) is 0 Å². The van der Waals surface area contributed by atoms with E-state index in [4.69, 9.17) is 31.5 Å². The number of hydrogen-bond donors (Lipinski definition) is 2. The van der Waals surface area contributed by atoms with Gasteiger partial charge in [0, 0.05) is 17.3 Å². The van der Waals surface area contributed by atoms with Gasteiger partial charge in [-0.15, -0.1) is 10.2 Å². The summed E-state index contributed by atoms with van der Waals surface area (Å²) in [4.78, 5) is 27.3. The van der Waals surface area contributed by atoms with Crippen molar-refractivity contribution in [3.63, 3.8) is 0 Å². The molecule has 0 spiro atoms. The number of rotatable bonds is 10. The van der Waals surface area contributed by atoms with Crippen LogP contribution in [-0.4, -0.2) is 59.0 Å². The topological polar surface area (TPSA) is 143 Å². The lowest BCUT2D eigenvalue weighted by atomic mass is 9.80. The van der Waals surface area contributed by atoms with Crippen molar-refractivity contribution in [2.24, 2.45) is 5.73 Å². The molecule has 0 fully saturated rings. The van der Waals surface area contributed by atoms with Crippen molar-refractivity contribution in [2.75, 3.05) is 26.9 Å². The Hall–Kier alpha value is -3.28. The second kappa shape index (κ2) is 11.7. The summed E-state index contributed by atoms with van der Waals surface area (Å²) in [6.45, 7) is 4.43. The highest BCUT2D eigenvalue weighted by atomic mass is 35.5. The van der Waals surface area contributed by atoms with Crippen molar-refractivity contribution in [1.29, 1.82) is 0 Å². The number of halogens is 1. The monoisotopic (exact) mass is 490 g/mol. The van der Waals surface area contributed by atoms with Crippen molar-refractivity contribution in [1.82, 2.24) is 25.5 Å². The first-order valence-corrected chi connectivity index (χ1v) is 11.0. The number of carbonyl (C=O) groups excluding carboxylic acids is 2. The Labute approximate surface area is 201 Å². The lowest BCUT2D eigenvalue weighted by Crippen LogP contribution is -2.34. The standard InChI is InChI=1S/C22H27ClN6O5/c1-4-34-22(31)20-16(11-33-12-17-26-28-29(27-17)10-9-24)25-13(2)18(21(30)32-3)19(20)14-7-5-6-8-15(14)23/h5-8,19,25H,4,9-12,24H2,1-3H3. The molecular weight excluding hydrogens is 464 g/mol. The number of hydrogen-bond acceptors (Lipinski definition) is 10. The molecule has 1 aromatic heterocycles. The van der Waals surface area contributed by atoms with Crippen molar-refractivity contribution in [3.8, 4) is 0 Å². The predicted octanol–water partition coefficient (Wildman–Crippen LogP) is 1.45. The molecule has 0 radical (unpaired) electrons. The fraction of sp³-hybridized carbons (Fsp3) is 0.409. The fourth-order valence-corrected chi connectivity index (χ4v) is 3.89. The van der Waals surface area contributed by atoms with Gasteiger partial charge < -0.3 is 25.3 Å². The van der Waals surface area contributed by atoms with Gasteiger partial charge >= 0.3 is 11.9 Å². The van der Waals surface area contributed by atoms with Crippen LogP contribution in [0.2, 0.25) is 5.02 Å². The first kappa shape index (κ1) is 25.3. The van der Waals surface area contributed by atoms with E-state index < -0.39 is 17.9 Å². The first-order valence-electron chi connectivity index (χ1n) is 10.7. The summed E-state index contributed by atoms with van der Waals surface area (Å²) in [6, 6.07) is 7.00. The molecule has 2 aromatic rings. The van der Waals surface area contributed by atoms with Crippen LogP contribution in [0.5, 0.6) is 0 Å². The maximum absolute atomic E-state index is 13.1. The van der Waals surface area contributed by atoms with E-state index in [0.29, 0.717) is 40.9 Å². The van der Waals surface area contributed by atoms with E-state index in [1.807, 2.05) is 0 Å². The van der Waals surface area contributed by atoms with Crippen LogP contribution in [0.3, 0.4) is 0 Å². The summed E-state index contributed by atoms with van der Waals surface area (Å²) in [5, 5.41) is 15.5. The molecule has 0 amide bonds. The lowest BCUT2D eigenvalue weighted by Gasteiger charge is -2.31. The lowest BCUT2D eigenvalue weighted by molar-refractivity contribution is -0.139. The molecule has 1 aliphatic heterocycles. The van der Waals surface area contributed by atoms with E-state index in [1.165, 1.54) is 11.9 Å². The molecule has 11 nitrogen and oxygen atoms in total. The van der Waals surface area contributed by atoms with Crippen molar-refractivity contribution in [2.45, 2.75) is 32.9 Å². The van der Waals surface area contributed by atoms with Gasteiger partial charge in [-0.2, -0.15) is 4.80 Å². The zero-order valence-corrected chi connectivity index (χ0v) is 20.0. The average Bonchev–Trinajstić information content (AvgIpc) is 3.26. The van der Waals surface area contributed by atoms with Gasteiger partial charge in [0.05, 0.1) is 49.6 Å². The Morgan fingerprint density at radius 2 is 1.97 bits per heavy atom. The molecule has 1 aromatic carbocycles. The van der Waals surface area contributed by atoms with Gasteiger partial charge in [0.1, 0.15) is 6.61 Å². The Morgan fingerprint density at radius 1 is 1.21 bits per heavy atom. The van der Waals surface area contributed by atoms with E-state index in [-0.39, 0.29) is 31.0 Å². The minimum absolute atomic E-state index is 0.00762. The number of esters is 2. The van der Waals surface area contributed by atoms with Gasteiger partial charge in [-0.3, -0.25) is 0 Å². The van der Waals surface area contributed by atoms with E-state index in [0.717, 1.165) is 0 Å². The van der Waals surface area contributed by atoms with Crippen LogP contribution in [0, 0.1) is 0 Å². The molecule has 1 atom stereocenters. The summed E-state index contributed by atoms with van der Waals surface area (Å²) < 4.78 is 16.1. The Bertz CT molecular complexity index is 1110. The molecular formula is C22H27ClN6O5. The molecule has 3 rings (SSSR count). The summed E-state index contributed by atoms with van der Waals surface area (Å²) in [5.41, 5.74) is 7.48. The molecule has 1 aliphatic rings. The normalized spacial score (nSPS) is 15.9. The largest absolute Gasteiger partial charge is 0.466 e. The summed E-state index contributed by atoms with van der Waals surface area (Å²) >= 11 is 6.49. The SMILES string of the molecule is CCOC(=O)C1=C(COCc2nnn(CCN)n2)NC(C)=C(C(=O)OC)C1c1ccccc1Cl. The van der Waals surface area contributed by atoms with Crippen LogP contribution in [0.1, 0.15) is 31.2 Å². The number of nitrogens with one attached hydrogen (secondary N) is 1. The predicted molar refractivity (Wildman–Crippen MR) is 122 cm³/mol. The number of carbonyl (C=O) groups is 2. The van der Waals surface area contributed by atoms with E-state index in [1.54, 1.807) is 38.1 Å². The molecule has 12 heteroatoms. The van der Waals surface area contributed by atoms with Crippen molar-refractivity contribution in [3.05, 3.63) is 63.2 Å². The average molecular weight is 491 g/mol. The number of nitrogens with zero attached hydrogens (tertiary/aromatic N) is 4. The highest BCUT2D eigenvalue weighted by molar-refractivity contribution is 6.31. The molecule has 1 unspecified atom stereocenters. The molecule has 2 heterocycles. The minimum Gasteiger partial charge on any atom is -0.466 e. The van der Waals surface area contributed by atoms with Crippen molar-refractivity contribution < 1.29 is 23.8 Å². The molecule has 3 N–H and O–H groups in total. The molecule has 0 saturated carbocycles. The third kappa shape index (κ3) is 5.61. The van der Waals surface area contributed by atoms with E-state index >= 15 is 0 Å². The molecule has 34 heavy (non-hydrogen) atoms. The Morgan fingerprint density at radius 3 is 2.65 bits per heavy atom. The Balaban J connectivity index is 1.99. The van der Waals surface area contributed by atoms with Gasteiger partial charge in [0.15, 0.2) is 5.82 Å². The smallest absolute Gasteiger partial charge is 0.336 e. The van der Waals surface area contributed by atoms with E-state index in [9.17, 15) is 9.59 Å². The maximum atomic E-state index is 13.1. The molecule has 182 valence electrons. The number of benzene rings is 1. The van der Waals surface area contributed by atoms with Crippen LogP contribution in [0.4, 0.5) is 0 Å². The van der Waals surface area contributed by atoms with Crippen LogP contribution in [0.25, 0.3) is 0 Å². The van der Waals surface area contributed by atoms with Crippen LogP contribution < -0.4 is 11.1 Å². The summed E-state index contributed by atoms with van der Waals surface area (Å²) in [5.74, 6) is -1.63. The Kier molecular flexibility index (Phi) is 8.74. The minimum atomic E-state index is -0.816. The number of ether oxygens (including phenoxy) is 3. The maximum Gasteiger partial charge on any atom is 0.336 e. The second-order valence-corrected chi connectivity index (χ2v) is 7.71. The zero-order valence-electron chi connectivity index (χ0n) is 19.2. The van der Waals surface area contributed by atoms with Gasteiger partial charge in [-0.1, -0.05) is 29.8 Å².